The summed E-state index contributed by atoms with van der Waals surface area (Å²) in [6.45, 7) is 0.309. The maximum Gasteiger partial charge on any atom is 0.338 e. The van der Waals surface area contributed by atoms with E-state index in [-0.39, 0.29) is 5.97 Å². The lowest BCUT2D eigenvalue weighted by molar-refractivity contribution is 0.0535. The number of benzene rings is 2. The second kappa shape index (κ2) is 6.25. The predicted octanol–water partition coefficient (Wildman–Crippen LogP) is 4.56. The van der Waals surface area contributed by atoms with Gasteiger partial charge in [0.25, 0.3) is 0 Å². The summed E-state index contributed by atoms with van der Waals surface area (Å²) in [5.41, 5.74) is 4.24. The van der Waals surface area contributed by atoms with Crippen LogP contribution in [-0.2, 0) is 11.3 Å². The van der Waals surface area contributed by atoms with Crippen molar-refractivity contribution in [3.8, 4) is 17.4 Å². The summed E-state index contributed by atoms with van der Waals surface area (Å²) in [5, 5.41) is 9.55. The number of aromatic nitrogens is 2. The first-order valence-corrected chi connectivity index (χ1v) is 8.68. The van der Waals surface area contributed by atoms with Crippen LogP contribution >= 0.6 is 0 Å². The molecule has 2 aromatic heterocycles. The van der Waals surface area contributed by atoms with Gasteiger partial charge in [-0.15, -0.1) is 0 Å². The van der Waals surface area contributed by atoms with Crippen molar-refractivity contribution in [3.05, 3.63) is 77.3 Å². The van der Waals surface area contributed by atoms with E-state index in [9.17, 15) is 10.1 Å². The Bertz CT molecular complexity index is 1270. The smallest absolute Gasteiger partial charge is 0.338 e. The summed E-state index contributed by atoms with van der Waals surface area (Å²) >= 11 is 0. The second-order valence-corrected chi connectivity index (χ2v) is 6.42. The number of ether oxygens (including phenoxy) is 1. The molecule has 5 rings (SSSR count). The van der Waals surface area contributed by atoms with Gasteiger partial charge in [-0.2, -0.15) is 5.26 Å². The minimum Gasteiger partial charge on any atom is -0.457 e. The van der Waals surface area contributed by atoms with E-state index < -0.39 is 0 Å². The molecule has 1 aliphatic heterocycles. The molecule has 1 N–H and O–H groups in total. The maximum atomic E-state index is 11.8. The molecule has 1 aliphatic rings. The number of hydrogen-bond acceptors (Lipinski definition) is 5. The Morgan fingerprint density at radius 1 is 1.18 bits per heavy atom. The third kappa shape index (κ3) is 2.66. The van der Waals surface area contributed by atoms with Crippen LogP contribution in [0.25, 0.3) is 34.0 Å². The van der Waals surface area contributed by atoms with Crippen molar-refractivity contribution in [1.82, 2.24) is 9.97 Å². The number of nitriles is 1. The van der Waals surface area contributed by atoms with Crippen molar-refractivity contribution in [3.63, 3.8) is 0 Å². The van der Waals surface area contributed by atoms with Gasteiger partial charge in [-0.25, -0.2) is 9.78 Å². The molecule has 0 fully saturated rings. The third-order valence-electron chi connectivity index (χ3n) is 4.65. The molecule has 0 unspecified atom stereocenters. The number of rotatable bonds is 3. The molecule has 2 aromatic carbocycles. The molecule has 0 bridgehead atoms. The fourth-order valence-corrected chi connectivity index (χ4v) is 3.23. The van der Waals surface area contributed by atoms with E-state index in [1.165, 1.54) is 0 Å². The van der Waals surface area contributed by atoms with Crippen molar-refractivity contribution in [2.45, 2.75) is 6.61 Å². The lowest BCUT2D eigenvalue weighted by atomic mass is 10.0. The summed E-state index contributed by atoms with van der Waals surface area (Å²) in [6.07, 6.45) is 1.64. The summed E-state index contributed by atoms with van der Waals surface area (Å²) in [4.78, 5) is 19.4. The Balaban J connectivity index is 1.49. The number of allylic oxidation sites excluding steroid dienone is 1. The molecular formula is C22H13N3O3. The van der Waals surface area contributed by atoms with Crippen LogP contribution in [0.3, 0.4) is 0 Å². The van der Waals surface area contributed by atoms with Crippen LogP contribution in [-0.4, -0.2) is 15.9 Å². The van der Waals surface area contributed by atoms with Crippen LogP contribution in [0, 0.1) is 11.3 Å². The van der Waals surface area contributed by atoms with Crippen molar-refractivity contribution < 1.29 is 13.9 Å². The molecule has 0 aliphatic carbocycles. The Kier molecular flexibility index (Phi) is 3.59. The molecule has 0 atom stereocenters. The molecule has 6 nitrogen and oxygen atoms in total. The van der Waals surface area contributed by atoms with Gasteiger partial charge in [0.2, 0.25) is 0 Å². The fourth-order valence-electron chi connectivity index (χ4n) is 3.23. The van der Waals surface area contributed by atoms with E-state index in [4.69, 9.17) is 9.15 Å². The van der Waals surface area contributed by atoms with E-state index in [1.807, 2.05) is 42.5 Å². The van der Waals surface area contributed by atoms with Gasteiger partial charge in [0.1, 0.15) is 30.0 Å². The number of nitrogens with zero attached hydrogens (tertiary/aromatic N) is 2. The van der Waals surface area contributed by atoms with Crippen molar-refractivity contribution in [2.75, 3.05) is 0 Å². The van der Waals surface area contributed by atoms with Gasteiger partial charge in [0.05, 0.1) is 22.2 Å². The highest BCUT2D eigenvalue weighted by Crippen LogP contribution is 2.29. The molecule has 0 amide bonds. The molecule has 4 aromatic rings. The number of H-pyrrole nitrogens is 1. The lowest BCUT2D eigenvalue weighted by Gasteiger charge is -1.99. The largest absolute Gasteiger partial charge is 0.457 e. The number of imidazole rings is 1. The van der Waals surface area contributed by atoms with E-state index in [2.05, 4.69) is 16.0 Å². The first kappa shape index (κ1) is 16.1. The van der Waals surface area contributed by atoms with Gasteiger partial charge in [-0.05, 0) is 30.3 Å². The van der Waals surface area contributed by atoms with Gasteiger partial charge in [-0.3, -0.25) is 0 Å². The molecule has 134 valence electrons. The van der Waals surface area contributed by atoms with E-state index >= 15 is 0 Å². The summed E-state index contributed by atoms with van der Waals surface area (Å²) < 4.78 is 10.9. The van der Waals surface area contributed by atoms with Gasteiger partial charge in [0, 0.05) is 17.2 Å². The zero-order chi connectivity index (χ0) is 19.1. The molecule has 3 heterocycles. The quantitative estimate of drug-likeness (QED) is 0.423. The van der Waals surface area contributed by atoms with Gasteiger partial charge in [0.15, 0.2) is 0 Å². The Labute approximate surface area is 159 Å². The second-order valence-electron chi connectivity index (χ2n) is 6.42. The van der Waals surface area contributed by atoms with Crippen LogP contribution in [0.5, 0.6) is 0 Å². The minimum atomic E-state index is -0.319. The summed E-state index contributed by atoms with van der Waals surface area (Å²) in [5.74, 6) is 1.30. The third-order valence-corrected chi connectivity index (χ3v) is 4.65. The fraction of sp³-hybridized carbons (Fsp3) is 0.0455. The number of esters is 1. The summed E-state index contributed by atoms with van der Waals surface area (Å²) in [6, 6.07) is 18.9. The van der Waals surface area contributed by atoms with Gasteiger partial charge in [-0.1, -0.05) is 24.3 Å². The number of cyclic esters (lactones) is 1. The number of aromatic amines is 1. The zero-order valence-corrected chi connectivity index (χ0v) is 14.6. The monoisotopic (exact) mass is 367 g/mol. The highest BCUT2D eigenvalue weighted by molar-refractivity contribution is 5.94. The van der Waals surface area contributed by atoms with Gasteiger partial charge >= 0.3 is 5.97 Å². The SMILES string of the molecule is N#C/C(=C\c1ccc(-c2ccc3c(c2)C(=O)OC3)o1)c1nc2ccccc2[nH]1. The van der Waals surface area contributed by atoms with Crippen LogP contribution < -0.4 is 0 Å². The number of carbonyl (C=O) groups excluding carboxylic acids is 1. The molecule has 0 saturated heterocycles. The Morgan fingerprint density at radius 2 is 2.07 bits per heavy atom. The van der Waals surface area contributed by atoms with Crippen molar-refractivity contribution >= 4 is 28.7 Å². The maximum absolute atomic E-state index is 11.8. The Hall–Kier alpha value is -4.11. The molecule has 0 saturated carbocycles. The number of carbonyl (C=O) groups is 1. The average Bonchev–Trinajstić information content (AvgIpc) is 3.44. The number of nitrogens with one attached hydrogen (secondary N) is 1. The Morgan fingerprint density at radius 3 is 2.93 bits per heavy atom. The lowest BCUT2D eigenvalue weighted by Crippen LogP contribution is -1.93. The number of furan rings is 1. The van der Waals surface area contributed by atoms with E-state index in [0.717, 1.165) is 22.2 Å². The topological polar surface area (TPSA) is 91.9 Å². The summed E-state index contributed by atoms with van der Waals surface area (Å²) in [7, 11) is 0. The highest BCUT2D eigenvalue weighted by Gasteiger charge is 2.22. The molecule has 0 spiro atoms. The zero-order valence-electron chi connectivity index (χ0n) is 14.6. The van der Waals surface area contributed by atoms with E-state index in [0.29, 0.717) is 35.1 Å². The number of hydrogen-bond donors (Lipinski definition) is 1. The van der Waals surface area contributed by atoms with Crippen LogP contribution in [0.2, 0.25) is 0 Å². The van der Waals surface area contributed by atoms with Gasteiger partial charge < -0.3 is 14.1 Å². The van der Waals surface area contributed by atoms with E-state index in [1.54, 1.807) is 18.2 Å². The van der Waals surface area contributed by atoms with Crippen LogP contribution in [0.15, 0.2) is 59.0 Å². The number of fused-ring (bicyclic) bond motifs is 2. The molecule has 6 heteroatoms. The first-order chi connectivity index (χ1) is 13.7. The molecule has 0 radical (unpaired) electrons. The normalized spacial score (nSPS) is 13.4. The highest BCUT2D eigenvalue weighted by atomic mass is 16.5. The van der Waals surface area contributed by atoms with Crippen LogP contribution in [0.4, 0.5) is 0 Å². The number of para-hydroxylation sites is 2. The standard InChI is InChI=1S/C22H13N3O3/c23-11-15(21-24-18-3-1-2-4-19(18)25-21)9-16-7-8-20(28-16)13-5-6-14-12-27-22(26)17(14)10-13/h1-10H,12H2,(H,24,25)/b15-9+. The van der Waals surface area contributed by atoms with Crippen molar-refractivity contribution in [1.29, 1.82) is 5.26 Å². The predicted molar refractivity (Wildman–Crippen MR) is 103 cm³/mol. The minimum absolute atomic E-state index is 0.309. The first-order valence-electron chi connectivity index (χ1n) is 8.68. The average molecular weight is 367 g/mol. The van der Waals surface area contributed by atoms with Crippen molar-refractivity contribution in [2.24, 2.45) is 0 Å². The van der Waals surface area contributed by atoms with Crippen LogP contribution in [0.1, 0.15) is 27.5 Å². The molecule has 28 heavy (non-hydrogen) atoms. The molecular weight excluding hydrogens is 354 g/mol.